The third kappa shape index (κ3) is 4.71. The maximum atomic E-state index is 10.7. The third-order valence-corrected chi connectivity index (χ3v) is 3.29. The Bertz CT molecular complexity index is 409. The van der Waals surface area contributed by atoms with Gasteiger partial charge >= 0.3 is 5.97 Å². The van der Waals surface area contributed by atoms with Gasteiger partial charge in [-0.15, -0.1) is 6.58 Å². The van der Waals surface area contributed by atoms with E-state index in [-0.39, 0.29) is 10.6 Å². The molecule has 1 aromatic carbocycles. The Balaban J connectivity index is 2.47. The highest BCUT2D eigenvalue weighted by Crippen LogP contribution is 2.20. The van der Waals surface area contributed by atoms with Crippen molar-refractivity contribution in [2.45, 2.75) is 0 Å². The van der Waals surface area contributed by atoms with E-state index in [2.05, 4.69) is 11.9 Å². The minimum atomic E-state index is -1.01. The topological polar surface area (TPSA) is 49.3 Å². The molecule has 0 aromatic heterocycles. The first-order valence-corrected chi connectivity index (χ1v) is 6.63. The first-order chi connectivity index (χ1) is 8.15. The summed E-state index contributed by atoms with van der Waals surface area (Å²) in [6, 6.07) is 4.85. The number of thioether (sulfide) groups is 1. The fourth-order valence-corrected chi connectivity index (χ4v) is 2.07. The van der Waals surface area contributed by atoms with Crippen molar-refractivity contribution >= 4 is 35.0 Å². The van der Waals surface area contributed by atoms with Crippen molar-refractivity contribution in [1.29, 1.82) is 0 Å². The molecule has 1 rings (SSSR count). The Morgan fingerprint density at radius 3 is 2.94 bits per heavy atom. The van der Waals surface area contributed by atoms with E-state index in [0.29, 0.717) is 0 Å². The smallest absolute Gasteiger partial charge is 0.337 e. The van der Waals surface area contributed by atoms with E-state index in [1.165, 1.54) is 6.07 Å². The summed E-state index contributed by atoms with van der Waals surface area (Å²) in [6.45, 7) is 4.45. The van der Waals surface area contributed by atoms with E-state index in [0.717, 1.165) is 23.7 Å². The molecule has 0 heterocycles. The van der Waals surface area contributed by atoms with Gasteiger partial charge in [-0.3, -0.25) is 0 Å². The van der Waals surface area contributed by atoms with Crippen molar-refractivity contribution in [2.75, 3.05) is 23.4 Å². The third-order valence-electron chi connectivity index (χ3n) is 2.01. The molecule has 0 amide bonds. The van der Waals surface area contributed by atoms with Gasteiger partial charge in [-0.2, -0.15) is 11.8 Å². The van der Waals surface area contributed by atoms with Crippen LogP contribution in [0.2, 0.25) is 5.02 Å². The van der Waals surface area contributed by atoms with Crippen molar-refractivity contribution in [3.63, 3.8) is 0 Å². The predicted molar refractivity (Wildman–Crippen MR) is 74.4 cm³/mol. The minimum Gasteiger partial charge on any atom is -0.478 e. The van der Waals surface area contributed by atoms with Crippen LogP contribution >= 0.6 is 23.4 Å². The lowest BCUT2D eigenvalue weighted by Crippen LogP contribution is -2.05. The number of carboxylic acid groups (broad SMARTS) is 1. The zero-order chi connectivity index (χ0) is 12.7. The maximum absolute atomic E-state index is 10.7. The summed E-state index contributed by atoms with van der Waals surface area (Å²) < 4.78 is 0. The van der Waals surface area contributed by atoms with E-state index in [1.807, 2.05) is 6.08 Å². The van der Waals surface area contributed by atoms with Crippen LogP contribution in [0.25, 0.3) is 0 Å². The number of anilines is 1. The van der Waals surface area contributed by atoms with Crippen LogP contribution in [0, 0.1) is 0 Å². The highest BCUT2D eigenvalue weighted by atomic mass is 35.5. The Morgan fingerprint density at radius 2 is 2.35 bits per heavy atom. The number of nitrogens with one attached hydrogen (secondary N) is 1. The number of benzene rings is 1. The largest absolute Gasteiger partial charge is 0.478 e. The summed E-state index contributed by atoms with van der Waals surface area (Å²) in [6.07, 6.45) is 1.86. The highest BCUT2D eigenvalue weighted by Gasteiger charge is 2.08. The first kappa shape index (κ1) is 13.9. The number of rotatable bonds is 7. The van der Waals surface area contributed by atoms with Crippen LogP contribution in [0.5, 0.6) is 0 Å². The molecule has 17 heavy (non-hydrogen) atoms. The van der Waals surface area contributed by atoms with Gasteiger partial charge in [-0.1, -0.05) is 17.7 Å². The van der Waals surface area contributed by atoms with Crippen LogP contribution in [0.1, 0.15) is 10.4 Å². The molecule has 0 radical (unpaired) electrons. The van der Waals surface area contributed by atoms with Crippen molar-refractivity contribution in [3.8, 4) is 0 Å². The fraction of sp³-hybridized carbons (Fsp3) is 0.250. The molecule has 0 aliphatic rings. The lowest BCUT2D eigenvalue weighted by atomic mass is 10.2. The molecule has 5 heteroatoms. The molecule has 0 saturated carbocycles. The molecule has 2 N–H and O–H groups in total. The molecule has 0 unspecified atom stereocenters. The van der Waals surface area contributed by atoms with E-state index in [4.69, 9.17) is 16.7 Å². The van der Waals surface area contributed by atoms with Crippen molar-refractivity contribution in [3.05, 3.63) is 41.4 Å². The summed E-state index contributed by atoms with van der Waals surface area (Å²) >= 11 is 7.62. The molecule has 3 nitrogen and oxygen atoms in total. The van der Waals surface area contributed by atoms with E-state index in [9.17, 15) is 4.79 Å². The average Bonchev–Trinajstić information content (AvgIpc) is 2.28. The van der Waals surface area contributed by atoms with Crippen molar-refractivity contribution in [1.82, 2.24) is 0 Å². The SMILES string of the molecule is C=CCSCCNc1ccc(C(=O)O)c(Cl)c1. The van der Waals surface area contributed by atoms with Gasteiger partial charge in [-0.25, -0.2) is 4.79 Å². The Labute approximate surface area is 110 Å². The normalized spacial score (nSPS) is 9.94. The molecular weight excluding hydrogens is 258 g/mol. The standard InChI is InChI=1S/C12H14ClNO2S/c1-2-6-17-7-5-14-9-3-4-10(12(15)16)11(13)8-9/h2-4,8,14H,1,5-7H2,(H,15,16). The van der Waals surface area contributed by atoms with Crippen LogP contribution in [0.3, 0.4) is 0 Å². The summed E-state index contributed by atoms with van der Waals surface area (Å²) in [5, 5.41) is 12.2. The summed E-state index contributed by atoms with van der Waals surface area (Å²) in [5.74, 6) is 0.883. The molecule has 0 aliphatic carbocycles. The molecule has 0 bridgehead atoms. The predicted octanol–water partition coefficient (Wildman–Crippen LogP) is 3.37. The van der Waals surface area contributed by atoms with Gasteiger partial charge < -0.3 is 10.4 Å². The maximum Gasteiger partial charge on any atom is 0.337 e. The van der Waals surface area contributed by atoms with Gasteiger partial charge in [0, 0.05) is 23.7 Å². The fourth-order valence-electron chi connectivity index (χ4n) is 1.23. The number of aromatic carboxylic acids is 1. The molecule has 0 spiro atoms. The van der Waals surface area contributed by atoms with E-state index < -0.39 is 5.97 Å². The monoisotopic (exact) mass is 271 g/mol. The van der Waals surface area contributed by atoms with E-state index >= 15 is 0 Å². The summed E-state index contributed by atoms with van der Waals surface area (Å²) in [4.78, 5) is 10.7. The second-order valence-electron chi connectivity index (χ2n) is 3.29. The molecule has 0 saturated heterocycles. The number of hydrogen-bond donors (Lipinski definition) is 2. The zero-order valence-corrected chi connectivity index (χ0v) is 10.9. The van der Waals surface area contributed by atoms with Crippen LogP contribution < -0.4 is 5.32 Å². The Morgan fingerprint density at radius 1 is 1.59 bits per heavy atom. The molecule has 0 fully saturated rings. The number of halogens is 1. The van der Waals surface area contributed by atoms with Gasteiger partial charge in [0.05, 0.1) is 10.6 Å². The van der Waals surface area contributed by atoms with Crippen LogP contribution in [-0.4, -0.2) is 29.1 Å². The average molecular weight is 272 g/mol. The first-order valence-electron chi connectivity index (χ1n) is 5.10. The van der Waals surface area contributed by atoms with Gasteiger partial charge in [0.2, 0.25) is 0 Å². The van der Waals surface area contributed by atoms with Crippen LogP contribution in [0.4, 0.5) is 5.69 Å². The van der Waals surface area contributed by atoms with Gasteiger partial charge in [0.1, 0.15) is 0 Å². The Kier molecular flexibility index (Phi) is 5.94. The lowest BCUT2D eigenvalue weighted by molar-refractivity contribution is 0.0697. The number of carboxylic acids is 1. The molecule has 92 valence electrons. The van der Waals surface area contributed by atoms with Crippen LogP contribution in [0.15, 0.2) is 30.9 Å². The second kappa shape index (κ2) is 7.25. The van der Waals surface area contributed by atoms with Crippen LogP contribution in [-0.2, 0) is 0 Å². The number of carbonyl (C=O) groups is 1. The van der Waals surface area contributed by atoms with Gasteiger partial charge in [0.15, 0.2) is 0 Å². The van der Waals surface area contributed by atoms with Crippen molar-refractivity contribution < 1.29 is 9.90 Å². The van der Waals surface area contributed by atoms with Crippen molar-refractivity contribution in [2.24, 2.45) is 0 Å². The van der Waals surface area contributed by atoms with Gasteiger partial charge in [-0.05, 0) is 18.2 Å². The zero-order valence-electron chi connectivity index (χ0n) is 9.28. The summed E-state index contributed by atoms with van der Waals surface area (Å²) in [7, 11) is 0. The number of hydrogen-bond acceptors (Lipinski definition) is 3. The minimum absolute atomic E-state index is 0.123. The summed E-state index contributed by atoms with van der Waals surface area (Å²) in [5.41, 5.74) is 0.956. The van der Waals surface area contributed by atoms with E-state index in [1.54, 1.807) is 23.9 Å². The highest BCUT2D eigenvalue weighted by molar-refractivity contribution is 7.99. The quantitative estimate of drug-likeness (QED) is 0.590. The molecule has 1 aromatic rings. The molecule has 0 aliphatic heterocycles. The molecular formula is C12H14ClNO2S. The van der Waals surface area contributed by atoms with Gasteiger partial charge in [0.25, 0.3) is 0 Å². The lowest BCUT2D eigenvalue weighted by Gasteiger charge is -2.07. The molecule has 0 atom stereocenters. The Hall–Kier alpha value is -1.13. The second-order valence-corrected chi connectivity index (χ2v) is 4.85.